The lowest BCUT2D eigenvalue weighted by atomic mass is 10.1. The van der Waals surface area contributed by atoms with Crippen molar-refractivity contribution in [1.29, 1.82) is 0 Å². The van der Waals surface area contributed by atoms with Gasteiger partial charge in [-0.1, -0.05) is 23.2 Å². The number of hydrogen-bond donors (Lipinski definition) is 0. The zero-order chi connectivity index (χ0) is 17.8. The summed E-state index contributed by atoms with van der Waals surface area (Å²) >= 11 is 14.7. The van der Waals surface area contributed by atoms with Gasteiger partial charge in [0, 0.05) is 50.4 Å². The van der Waals surface area contributed by atoms with Crippen LogP contribution in [0, 0.1) is 0 Å². The summed E-state index contributed by atoms with van der Waals surface area (Å²) < 4.78 is 1.40. The number of hydrogen-bond acceptors (Lipinski definition) is 5. The van der Waals surface area contributed by atoms with Crippen LogP contribution in [0.25, 0.3) is 0 Å². The lowest BCUT2D eigenvalue weighted by Gasteiger charge is -2.34. The third-order valence-corrected chi connectivity index (χ3v) is 6.64. The number of amides is 1. The highest BCUT2D eigenvalue weighted by atomic mass is 35.5. The molecular formula is C17H18Cl2N2O2S2. The van der Waals surface area contributed by atoms with Gasteiger partial charge in [-0.2, -0.15) is 0 Å². The normalized spacial score (nSPS) is 15.5. The predicted octanol–water partition coefficient (Wildman–Crippen LogP) is 4.42. The Balaban J connectivity index is 1.41. The lowest BCUT2D eigenvalue weighted by molar-refractivity contribution is -0.132. The van der Waals surface area contributed by atoms with Gasteiger partial charge in [-0.25, -0.2) is 0 Å². The van der Waals surface area contributed by atoms with E-state index < -0.39 is 0 Å². The molecule has 0 saturated carbocycles. The van der Waals surface area contributed by atoms with Crippen LogP contribution in [0.1, 0.15) is 27.4 Å². The maximum atomic E-state index is 12.3. The Morgan fingerprint density at radius 3 is 2.20 bits per heavy atom. The fourth-order valence-corrected chi connectivity index (χ4v) is 4.92. The first-order chi connectivity index (χ1) is 12.0. The molecule has 0 bridgehead atoms. The quantitative estimate of drug-likeness (QED) is 0.654. The molecule has 0 spiro atoms. The van der Waals surface area contributed by atoms with Crippen LogP contribution in [0.15, 0.2) is 24.3 Å². The summed E-state index contributed by atoms with van der Waals surface area (Å²) in [5.41, 5.74) is 0. The largest absolute Gasteiger partial charge is 0.340 e. The monoisotopic (exact) mass is 416 g/mol. The van der Waals surface area contributed by atoms with Crippen molar-refractivity contribution in [1.82, 2.24) is 9.80 Å². The third kappa shape index (κ3) is 5.28. The van der Waals surface area contributed by atoms with E-state index in [2.05, 4.69) is 4.90 Å². The first kappa shape index (κ1) is 18.9. The van der Waals surface area contributed by atoms with Crippen LogP contribution in [0.5, 0.6) is 0 Å². The number of rotatable bonds is 6. The number of carbonyl (C=O) groups is 2. The standard InChI is InChI=1S/C17H18Cl2N2O2S2/c18-15-4-1-12(24-15)11-20-7-9-21(10-8-20)17(23)6-2-13(22)14-3-5-16(19)25-14/h1,3-5H,2,6-11H2. The number of halogens is 2. The smallest absolute Gasteiger partial charge is 0.223 e. The molecule has 0 unspecified atom stereocenters. The Bertz CT molecular complexity index is 751. The molecule has 4 nitrogen and oxygen atoms in total. The van der Waals surface area contributed by atoms with Gasteiger partial charge in [0.1, 0.15) is 0 Å². The molecule has 2 aromatic heterocycles. The number of ketones is 1. The van der Waals surface area contributed by atoms with Gasteiger partial charge in [-0.3, -0.25) is 14.5 Å². The molecule has 1 amide bonds. The summed E-state index contributed by atoms with van der Waals surface area (Å²) in [5, 5.41) is 0. The molecule has 1 aliphatic rings. The van der Waals surface area contributed by atoms with Gasteiger partial charge in [0.25, 0.3) is 0 Å². The van der Waals surface area contributed by atoms with Crippen LogP contribution in [0.2, 0.25) is 8.67 Å². The molecule has 1 aliphatic heterocycles. The van der Waals surface area contributed by atoms with Crippen molar-refractivity contribution in [2.45, 2.75) is 19.4 Å². The van der Waals surface area contributed by atoms with Crippen molar-refractivity contribution in [2.75, 3.05) is 26.2 Å². The summed E-state index contributed by atoms with van der Waals surface area (Å²) in [4.78, 5) is 30.4. The van der Waals surface area contributed by atoms with Crippen LogP contribution >= 0.6 is 45.9 Å². The van der Waals surface area contributed by atoms with Gasteiger partial charge in [-0.15, -0.1) is 22.7 Å². The molecule has 0 aliphatic carbocycles. The maximum absolute atomic E-state index is 12.3. The van der Waals surface area contributed by atoms with Gasteiger partial charge in [-0.05, 0) is 24.3 Å². The van der Waals surface area contributed by atoms with Gasteiger partial charge in [0.2, 0.25) is 5.91 Å². The van der Waals surface area contributed by atoms with Gasteiger partial charge in [0.05, 0.1) is 13.5 Å². The van der Waals surface area contributed by atoms with E-state index in [-0.39, 0.29) is 24.5 Å². The molecule has 2 aromatic rings. The van der Waals surface area contributed by atoms with E-state index in [4.69, 9.17) is 23.2 Å². The summed E-state index contributed by atoms with van der Waals surface area (Å²) in [6.07, 6.45) is 0.498. The number of nitrogens with zero attached hydrogens (tertiary/aromatic N) is 2. The minimum absolute atomic E-state index is 0.0153. The number of thiophene rings is 2. The molecule has 3 rings (SSSR count). The van der Waals surface area contributed by atoms with E-state index >= 15 is 0 Å². The topological polar surface area (TPSA) is 40.6 Å². The SMILES string of the molecule is O=C(CCC(=O)N1CCN(Cc2ccc(Cl)s2)CC1)c1ccc(Cl)s1. The number of carbonyl (C=O) groups excluding carboxylic acids is 2. The second kappa shape index (κ2) is 8.64. The van der Waals surface area contributed by atoms with Crippen molar-refractivity contribution >= 4 is 57.6 Å². The molecule has 3 heterocycles. The Kier molecular flexibility index (Phi) is 6.52. The molecule has 1 saturated heterocycles. The summed E-state index contributed by atoms with van der Waals surface area (Å²) in [5.74, 6) is 0.0354. The van der Waals surface area contributed by atoms with Gasteiger partial charge >= 0.3 is 0 Å². The Morgan fingerprint density at radius 1 is 0.920 bits per heavy atom. The zero-order valence-electron chi connectivity index (χ0n) is 13.5. The molecule has 134 valence electrons. The average molecular weight is 417 g/mol. The second-order valence-electron chi connectivity index (χ2n) is 5.89. The molecule has 0 aromatic carbocycles. The average Bonchev–Trinajstić information content (AvgIpc) is 3.21. The second-order valence-corrected chi connectivity index (χ2v) is 9.40. The molecule has 0 atom stereocenters. The Labute approximate surface area is 164 Å². The van der Waals surface area contributed by atoms with Crippen LogP contribution < -0.4 is 0 Å². The minimum Gasteiger partial charge on any atom is -0.340 e. The Morgan fingerprint density at radius 2 is 1.60 bits per heavy atom. The molecular weight excluding hydrogens is 399 g/mol. The Hall–Kier alpha value is -0.920. The fourth-order valence-electron chi connectivity index (χ4n) is 2.78. The maximum Gasteiger partial charge on any atom is 0.223 e. The number of piperazine rings is 1. The summed E-state index contributed by atoms with van der Waals surface area (Å²) in [7, 11) is 0. The lowest BCUT2D eigenvalue weighted by Crippen LogP contribution is -2.48. The molecule has 0 N–H and O–H groups in total. The van der Waals surface area contributed by atoms with Crippen molar-refractivity contribution in [3.63, 3.8) is 0 Å². The summed E-state index contributed by atoms with van der Waals surface area (Å²) in [6, 6.07) is 7.39. The molecule has 8 heteroatoms. The van der Waals surface area contributed by atoms with Crippen LogP contribution in [0.3, 0.4) is 0 Å². The zero-order valence-corrected chi connectivity index (χ0v) is 16.7. The van der Waals surface area contributed by atoms with Crippen molar-refractivity contribution in [3.8, 4) is 0 Å². The van der Waals surface area contributed by atoms with E-state index in [9.17, 15) is 9.59 Å². The highest BCUT2D eigenvalue weighted by molar-refractivity contribution is 7.18. The van der Waals surface area contributed by atoms with E-state index in [0.29, 0.717) is 22.3 Å². The minimum atomic E-state index is -0.0153. The number of Topliss-reactive ketones (excluding diaryl/α,β-unsaturated/α-hetero) is 1. The van der Waals surface area contributed by atoms with Crippen LogP contribution in [-0.2, 0) is 11.3 Å². The van der Waals surface area contributed by atoms with E-state index in [1.165, 1.54) is 16.2 Å². The first-order valence-electron chi connectivity index (χ1n) is 8.04. The van der Waals surface area contributed by atoms with Gasteiger partial charge in [0.15, 0.2) is 5.78 Å². The third-order valence-electron chi connectivity index (χ3n) is 4.15. The van der Waals surface area contributed by atoms with Crippen LogP contribution in [0.4, 0.5) is 0 Å². The van der Waals surface area contributed by atoms with Crippen molar-refractivity contribution in [3.05, 3.63) is 42.7 Å². The summed E-state index contributed by atoms with van der Waals surface area (Å²) in [6.45, 7) is 3.97. The van der Waals surface area contributed by atoms with E-state index in [0.717, 1.165) is 24.0 Å². The predicted molar refractivity (Wildman–Crippen MR) is 104 cm³/mol. The highest BCUT2D eigenvalue weighted by Crippen LogP contribution is 2.24. The molecule has 1 fully saturated rings. The van der Waals surface area contributed by atoms with Crippen molar-refractivity contribution in [2.24, 2.45) is 0 Å². The van der Waals surface area contributed by atoms with Crippen molar-refractivity contribution < 1.29 is 9.59 Å². The van der Waals surface area contributed by atoms with E-state index in [1.807, 2.05) is 17.0 Å². The first-order valence-corrected chi connectivity index (χ1v) is 10.4. The highest BCUT2D eigenvalue weighted by Gasteiger charge is 2.22. The van der Waals surface area contributed by atoms with Gasteiger partial charge < -0.3 is 4.90 Å². The fraction of sp³-hybridized carbons (Fsp3) is 0.412. The molecule has 0 radical (unpaired) electrons. The molecule has 25 heavy (non-hydrogen) atoms. The van der Waals surface area contributed by atoms with Crippen LogP contribution in [-0.4, -0.2) is 47.7 Å². The van der Waals surface area contributed by atoms with E-state index in [1.54, 1.807) is 23.5 Å².